The second-order valence-electron chi connectivity index (χ2n) is 8.22. The molecule has 4 heterocycles. The Morgan fingerprint density at radius 3 is 2.67 bits per heavy atom. The van der Waals surface area contributed by atoms with Gasteiger partial charge in [0.2, 0.25) is 0 Å². The van der Waals surface area contributed by atoms with Crippen LogP contribution in [0.5, 0.6) is 0 Å². The van der Waals surface area contributed by atoms with Crippen molar-refractivity contribution >= 4 is 28.6 Å². The Kier molecular flexibility index (Phi) is 5.05. The zero-order valence-corrected chi connectivity index (χ0v) is 18.3. The van der Waals surface area contributed by atoms with E-state index in [-0.39, 0.29) is 12.3 Å². The van der Waals surface area contributed by atoms with Gasteiger partial charge in [-0.1, -0.05) is 24.3 Å². The fraction of sp³-hybridized carbons (Fsp3) is 0.200. The number of aromatic nitrogens is 3. The SMILES string of the molecule is Cc1cc(C(=O)CN2C(=O)N[C@H](Cc3c[nH]c4ccccc34)C2=O)c(C)n1-c1ccccn1. The normalized spacial score (nSPS) is 15.9. The van der Waals surface area contributed by atoms with E-state index in [9.17, 15) is 14.4 Å². The molecule has 8 nitrogen and oxygen atoms in total. The molecule has 1 aromatic carbocycles. The van der Waals surface area contributed by atoms with Crippen molar-refractivity contribution < 1.29 is 14.4 Å². The van der Waals surface area contributed by atoms with E-state index in [0.717, 1.165) is 32.8 Å². The molecule has 1 fully saturated rings. The van der Waals surface area contributed by atoms with E-state index in [4.69, 9.17) is 0 Å². The number of nitrogens with zero attached hydrogens (tertiary/aromatic N) is 3. The van der Waals surface area contributed by atoms with Crippen LogP contribution in [0.4, 0.5) is 4.79 Å². The van der Waals surface area contributed by atoms with Crippen molar-refractivity contribution in [1.82, 2.24) is 24.8 Å². The lowest BCUT2D eigenvalue weighted by atomic mass is 10.0. The van der Waals surface area contributed by atoms with Crippen LogP contribution in [0.2, 0.25) is 0 Å². The molecule has 1 aliphatic rings. The summed E-state index contributed by atoms with van der Waals surface area (Å²) < 4.78 is 1.89. The van der Waals surface area contributed by atoms with Crippen LogP contribution in [-0.4, -0.2) is 49.7 Å². The lowest BCUT2D eigenvalue weighted by Crippen LogP contribution is -2.36. The molecule has 5 rings (SSSR count). The Morgan fingerprint density at radius 2 is 1.88 bits per heavy atom. The molecular formula is C25H23N5O3. The van der Waals surface area contributed by atoms with Crippen LogP contribution in [0.25, 0.3) is 16.7 Å². The highest BCUT2D eigenvalue weighted by Gasteiger charge is 2.39. The third-order valence-electron chi connectivity index (χ3n) is 6.12. The summed E-state index contributed by atoms with van der Waals surface area (Å²) in [5, 5.41) is 3.74. The minimum Gasteiger partial charge on any atom is -0.361 e. The largest absolute Gasteiger partial charge is 0.361 e. The molecule has 2 N–H and O–H groups in total. The van der Waals surface area contributed by atoms with Gasteiger partial charge >= 0.3 is 6.03 Å². The average Bonchev–Trinajstić information content (AvgIpc) is 3.44. The maximum atomic E-state index is 13.1. The number of rotatable bonds is 6. The molecule has 3 aromatic heterocycles. The molecule has 1 atom stereocenters. The van der Waals surface area contributed by atoms with E-state index < -0.39 is 18.0 Å². The molecule has 1 saturated heterocycles. The molecule has 0 unspecified atom stereocenters. The Labute approximate surface area is 190 Å². The van der Waals surface area contributed by atoms with Gasteiger partial charge in [0.05, 0.1) is 6.54 Å². The van der Waals surface area contributed by atoms with E-state index in [1.165, 1.54) is 0 Å². The number of amides is 3. The van der Waals surface area contributed by atoms with E-state index in [1.54, 1.807) is 12.3 Å². The Morgan fingerprint density at radius 1 is 1.09 bits per heavy atom. The van der Waals surface area contributed by atoms with Crippen LogP contribution >= 0.6 is 0 Å². The lowest BCUT2D eigenvalue weighted by Gasteiger charge is -2.13. The molecule has 8 heteroatoms. The van der Waals surface area contributed by atoms with Crippen LogP contribution in [0, 0.1) is 13.8 Å². The molecule has 4 aromatic rings. The Hall–Kier alpha value is -4.20. The van der Waals surface area contributed by atoms with Crippen molar-refractivity contribution in [2.75, 3.05) is 6.54 Å². The van der Waals surface area contributed by atoms with Gasteiger partial charge in [-0.25, -0.2) is 9.78 Å². The summed E-state index contributed by atoms with van der Waals surface area (Å²) in [5.41, 5.74) is 3.96. The number of Topliss-reactive ketones (excluding diaryl/α,β-unsaturated/α-hetero) is 1. The highest BCUT2D eigenvalue weighted by Crippen LogP contribution is 2.23. The summed E-state index contributed by atoms with van der Waals surface area (Å²) >= 11 is 0. The van der Waals surface area contributed by atoms with Crippen LogP contribution < -0.4 is 5.32 Å². The number of imide groups is 1. The molecule has 33 heavy (non-hydrogen) atoms. The number of hydrogen-bond donors (Lipinski definition) is 2. The average molecular weight is 441 g/mol. The number of pyridine rings is 1. The third kappa shape index (κ3) is 3.59. The second kappa shape index (κ2) is 8.05. The predicted molar refractivity (Wildman–Crippen MR) is 123 cm³/mol. The maximum Gasteiger partial charge on any atom is 0.325 e. The van der Waals surface area contributed by atoms with Gasteiger partial charge in [0.15, 0.2) is 5.78 Å². The molecule has 0 bridgehead atoms. The summed E-state index contributed by atoms with van der Waals surface area (Å²) in [6, 6.07) is 13.9. The first-order chi connectivity index (χ1) is 15.9. The minimum absolute atomic E-state index is 0.290. The number of para-hydroxylation sites is 1. The number of hydrogen-bond acceptors (Lipinski definition) is 4. The molecule has 0 spiro atoms. The Bertz CT molecular complexity index is 1390. The van der Waals surface area contributed by atoms with Crippen molar-refractivity contribution in [2.45, 2.75) is 26.3 Å². The first kappa shape index (κ1) is 20.7. The second-order valence-corrected chi connectivity index (χ2v) is 8.22. The van der Waals surface area contributed by atoms with Gasteiger partial charge in [-0.3, -0.25) is 14.5 Å². The number of nitrogens with one attached hydrogen (secondary N) is 2. The summed E-state index contributed by atoms with van der Waals surface area (Å²) in [6.07, 6.45) is 3.90. The predicted octanol–water partition coefficient (Wildman–Crippen LogP) is 3.32. The number of benzene rings is 1. The van der Waals surface area contributed by atoms with Crippen molar-refractivity contribution in [1.29, 1.82) is 0 Å². The minimum atomic E-state index is -0.703. The first-order valence-electron chi connectivity index (χ1n) is 10.7. The van der Waals surface area contributed by atoms with E-state index in [2.05, 4.69) is 15.3 Å². The fourth-order valence-electron chi connectivity index (χ4n) is 4.50. The van der Waals surface area contributed by atoms with Gasteiger partial charge in [0, 0.05) is 46.7 Å². The van der Waals surface area contributed by atoms with E-state index >= 15 is 0 Å². The van der Waals surface area contributed by atoms with Crippen molar-refractivity contribution in [3.63, 3.8) is 0 Å². The molecule has 0 aliphatic carbocycles. The number of carbonyl (C=O) groups excluding carboxylic acids is 3. The standard InChI is InChI=1S/C25H23N5O3/c1-15-11-19(16(2)30(15)23-9-5-6-10-26-23)22(31)14-29-24(32)21(28-25(29)33)12-17-13-27-20-8-4-3-7-18(17)20/h3-11,13,21,27H,12,14H2,1-2H3,(H,28,33)/t21-/m1/s1. The van der Waals surface area contributed by atoms with Gasteiger partial charge in [0.25, 0.3) is 5.91 Å². The number of aromatic amines is 1. The van der Waals surface area contributed by atoms with Gasteiger partial charge in [0.1, 0.15) is 11.9 Å². The van der Waals surface area contributed by atoms with Gasteiger partial charge in [-0.2, -0.15) is 0 Å². The molecule has 166 valence electrons. The third-order valence-corrected chi connectivity index (χ3v) is 6.12. The van der Waals surface area contributed by atoms with Gasteiger partial charge < -0.3 is 14.9 Å². The molecule has 0 radical (unpaired) electrons. The number of fused-ring (bicyclic) bond motifs is 1. The van der Waals surface area contributed by atoms with Crippen molar-refractivity contribution in [2.24, 2.45) is 0 Å². The number of urea groups is 1. The lowest BCUT2D eigenvalue weighted by molar-refractivity contribution is -0.127. The van der Waals surface area contributed by atoms with Gasteiger partial charge in [-0.05, 0) is 43.7 Å². The van der Waals surface area contributed by atoms with Crippen LogP contribution in [-0.2, 0) is 11.2 Å². The molecular weight excluding hydrogens is 418 g/mol. The molecule has 1 aliphatic heterocycles. The van der Waals surface area contributed by atoms with Crippen LogP contribution in [0.1, 0.15) is 27.3 Å². The van der Waals surface area contributed by atoms with Crippen LogP contribution in [0.15, 0.2) is 60.9 Å². The first-order valence-corrected chi connectivity index (χ1v) is 10.7. The molecule has 0 saturated carbocycles. The summed E-state index contributed by atoms with van der Waals surface area (Å²) in [6.45, 7) is 3.42. The fourth-order valence-corrected chi connectivity index (χ4v) is 4.50. The number of H-pyrrole nitrogens is 1. The van der Waals surface area contributed by atoms with E-state index in [0.29, 0.717) is 17.8 Å². The summed E-state index contributed by atoms with van der Waals surface area (Å²) in [5.74, 6) is 0.0269. The van der Waals surface area contributed by atoms with Crippen LogP contribution in [0.3, 0.4) is 0 Å². The highest BCUT2D eigenvalue weighted by molar-refractivity contribution is 6.09. The maximum absolute atomic E-state index is 13.1. The van der Waals surface area contributed by atoms with Gasteiger partial charge in [-0.15, -0.1) is 0 Å². The smallest absolute Gasteiger partial charge is 0.325 e. The topological polar surface area (TPSA) is 100 Å². The summed E-state index contributed by atoms with van der Waals surface area (Å²) in [7, 11) is 0. The monoisotopic (exact) mass is 441 g/mol. The van der Waals surface area contributed by atoms with E-state index in [1.807, 2.05) is 67.1 Å². The number of aryl methyl sites for hydroxylation is 1. The van der Waals surface area contributed by atoms with Crippen molar-refractivity contribution in [3.05, 3.63) is 83.4 Å². The Balaban J connectivity index is 1.34. The summed E-state index contributed by atoms with van der Waals surface area (Å²) in [4.78, 5) is 47.2. The molecule has 3 amide bonds. The number of ketones is 1. The zero-order chi connectivity index (χ0) is 23.1. The highest BCUT2D eigenvalue weighted by atomic mass is 16.2. The number of carbonyl (C=O) groups is 3. The zero-order valence-electron chi connectivity index (χ0n) is 18.3. The van der Waals surface area contributed by atoms with Crippen molar-refractivity contribution in [3.8, 4) is 5.82 Å². The quantitative estimate of drug-likeness (QED) is 0.354.